The number of carbonyl (C=O) groups is 2. The Kier molecular flexibility index (Phi) is 4.79. The first-order valence-corrected chi connectivity index (χ1v) is 11.6. The summed E-state index contributed by atoms with van der Waals surface area (Å²) in [6.45, 7) is 0.977. The maximum atomic E-state index is 13.9. The first-order valence-electron chi connectivity index (χ1n) is 9.69. The van der Waals surface area contributed by atoms with Crippen molar-refractivity contribution in [1.29, 1.82) is 0 Å². The van der Waals surface area contributed by atoms with Crippen molar-refractivity contribution in [2.24, 2.45) is 0 Å². The zero-order chi connectivity index (χ0) is 20.7. The number of amides is 2. The van der Waals surface area contributed by atoms with E-state index in [-0.39, 0.29) is 11.8 Å². The Morgan fingerprint density at radius 3 is 2.80 bits per heavy atom. The van der Waals surface area contributed by atoms with E-state index in [9.17, 15) is 9.59 Å². The number of thiophene rings is 1. The van der Waals surface area contributed by atoms with E-state index in [1.165, 1.54) is 11.3 Å². The summed E-state index contributed by atoms with van der Waals surface area (Å²) in [7, 11) is 1.63. The lowest BCUT2D eigenvalue weighted by Crippen LogP contribution is -2.50. The largest absolute Gasteiger partial charge is 0.497 e. The minimum atomic E-state index is -1.00. The quantitative estimate of drug-likeness (QED) is 0.610. The van der Waals surface area contributed by atoms with Crippen LogP contribution in [0.25, 0.3) is 0 Å². The van der Waals surface area contributed by atoms with Crippen molar-refractivity contribution in [2.45, 2.75) is 11.4 Å². The number of rotatable bonds is 4. The van der Waals surface area contributed by atoms with Crippen LogP contribution < -0.4 is 9.64 Å². The van der Waals surface area contributed by atoms with Crippen LogP contribution in [-0.4, -0.2) is 36.1 Å². The summed E-state index contributed by atoms with van der Waals surface area (Å²) < 4.78 is 5.34. The highest BCUT2D eigenvalue weighted by atomic mass is 32.2. The van der Waals surface area contributed by atoms with Crippen LogP contribution in [0.5, 0.6) is 5.75 Å². The molecule has 0 radical (unpaired) electrons. The second kappa shape index (κ2) is 7.49. The molecule has 0 N–H and O–H groups in total. The highest BCUT2D eigenvalue weighted by molar-refractivity contribution is 8.01. The van der Waals surface area contributed by atoms with Crippen LogP contribution in [0.4, 0.5) is 5.69 Å². The Hall–Kier alpha value is -2.77. The smallest absolute Gasteiger partial charge is 0.268 e. The summed E-state index contributed by atoms with van der Waals surface area (Å²) in [4.78, 5) is 30.4. The van der Waals surface area contributed by atoms with Gasteiger partial charge in [0, 0.05) is 17.9 Å². The van der Waals surface area contributed by atoms with Crippen LogP contribution in [0.1, 0.15) is 20.8 Å². The van der Waals surface area contributed by atoms with Gasteiger partial charge in [-0.1, -0.05) is 36.4 Å². The molecular weight excluding hydrogens is 416 g/mol. The zero-order valence-electron chi connectivity index (χ0n) is 16.4. The second-order valence-electron chi connectivity index (χ2n) is 7.19. The number of para-hydroxylation sites is 1. The van der Waals surface area contributed by atoms with Gasteiger partial charge < -0.3 is 14.5 Å². The minimum absolute atomic E-state index is 0.0565. The third kappa shape index (κ3) is 2.84. The average Bonchev–Trinajstić information content (AvgIpc) is 3.51. The maximum absolute atomic E-state index is 13.9. The number of hydrogen-bond acceptors (Lipinski definition) is 5. The lowest BCUT2D eigenvalue weighted by molar-refractivity contribution is -0.123. The summed E-state index contributed by atoms with van der Waals surface area (Å²) in [6.07, 6.45) is 0. The minimum Gasteiger partial charge on any atom is -0.497 e. The number of fused-ring (bicyclic) bond motifs is 2. The van der Waals surface area contributed by atoms with Crippen molar-refractivity contribution in [2.75, 3.05) is 24.3 Å². The van der Waals surface area contributed by atoms with Gasteiger partial charge in [-0.3, -0.25) is 9.59 Å². The van der Waals surface area contributed by atoms with Gasteiger partial charge in [0.15, 0.2) is 4.87 Å². The molecule has 0 aliphatic carbocycles. The predicted octanol–water partition coefficient (Wildman–Crippen LogP) is 4.35. The fourth-order valence-corrected chi connectivity index (χ4v) is 6.34. The van der Waals surface area contributed by atoms with Crippen molar-refractivity contribution in [3.63, 3.8) is 0 Å². The number of thioether (sulfide) groups is 1. The van der Waals surface area contributed by atoms with Crippen molar-refractivity contribution in [1.82, 2.24) is 4.90 Å². The highest BCUT2D eigenvalue weighted by Gasteiger charge is 2.59. The molecule has 5 rings (SSSR count). The number of ether oxygens (including phenoxy) is 1. The molecule has 2 amide bonds. The molecule has 30 heavy (non-hydrogen) atoms. The van der Waals surface area contributed by atoms with Crippen LogP contribution in [-0.2, 0) is 16.2 Å². The second-order valence-corrected chi connectivity index (χ2v) is 9.42. The SMILES string of the molecule is COc1cccc(CN2C(=O)C3(SCCN3C(=O)c3cccs3)c3ccccc32)c1. The molecule has 7 heteroatoms. The standard InChI is InChI=1S/C23H20N2O3S2/c1-28-17-7-4-6-16(14-17)15-24-19-9-3-2-8-18(19)23(22(24)27)25(11-13-30-23)21(26)20-10-5-12-29-20/h2-10,12,14H,11,13,15H2,1H3. The van der Waals surface area contributed by atoms with Gasteiger partial charge in [-0.15, -0.1) is 23.1 Å². The summed E-state index contributed by atoms with van der Waals surface area (Å²) >= 11 is 2.96. The lowest BCUT2D eigenvalue weighted by Gasteiger charge is -2.33. The monoisotopic (exact) mass is 436 g/mol. The van der Waals surface area contributed by atoms with E-state index < -0.39 is 4.87 Å². The molecular formula is C23H20N2O3S2. The topological polar surface area (TPSA) is 49.9 Å². The number of methoxy groups -OCH3 is 1. The third-order valence-electron chi connectivity index (χ3n) is 5.55. The van der Waals surface area contributed by atoms with Crippen molar-refractivity contribution in [3.05, 3.63) is 82.0 Å². The fourth-order valence-electron chi connectivity index (χ4n) is 4.21. The van der Waals surface area contributed by atoms with Crippen LogP contribution in [0.3, 0.4) is 0 Å². The van der Waals surface area contributed by atoms with Gasteiger partial charge in [-0.2, -0.15) is 0 Å². The molecule has 3 heterocycles. The number of hydrogen-bond donors (Lipinski definition) is 0. The van der Waals surface area contributed by atoms with Crippen molar-refractivity contribution in [3.8, 4) is 5.75 Å². The number of carbonyl (C=O) groups excluding carboxylic acids is 2. The molecule has 152 valence electrons. The Morgan fingerprint density at radius 2 is 2.00 bits per heavy atom. The van der Waals surface area contributed by atoms with Gasteiger partial charge >= 0.3 is 0 Å². The van der Waals surface area contributed by atoms with Gasteiger partial charge in [-0.05, 0) is 35.2 Å². The first kappa shape index (κ1) is 19.2. The Labute approximate surface area is 183 Å². The molecule has 2 aliphatic rings. The molecule has 1 atom stereocenters. The third-order valence-corrected chi connectivity index (χ3v) is 7.83. The zero-order valence-corrected chi connectivity index (χ0v) is 18.0. The number of anilines is 1. The molecule has 1 aromatic heterocycles. The van der Waals surface area contributed by atoms with Crippen LogP contribution in [0, 0.1) is 0 Å². The van der Waals surface area contributed by atoms with Gasteiger partial charge in [0.25, 0.3) is 11.8 Å². The van der Waals surface area contributed by atoms with Crippen LogP contribution in [0.15, 0.2) is 66.0 Å². The van der Waals surface area contributed by atoms with Gasteiger partial charge in [0.2, 0.25) is 0 Å². The molecule has 0 saturated carbocycles. The number of benzene rings is 2. The molecule has 0 bridgehead atoms. The molecule has 1 fully saturated rings. The fraction of sp³-hybridized carbons (Fsp3) is 0.217. The van der Waals surface area contributed by atoms with Crippen molar-refractivity contribution >= 4 is 40.6 Å². The summed E-state index contributed by atoms with van der Waals surface area (Å²) in [6, 6.07) is 19.3. The number of nitrogens with zero attached hydrogens (tertiary/aromatic N) is 2. The molecule has 2 aliphatic heterocycles. The van der Waals surface area contributed by atoms with Gasteiger partial charge in [0.1, 0.15) is 5.75 Å². The van der Waals surface area contributed by atoms with Crippen LogP contribution >= 0.6 is 23.1 Å². The molecule has 1 unspecified atom stereocenters. The van der Waals surface area contributed by atoms with E-state index in [0.29, 0.717) is 18.0 Å². The average molecular weight is 437 g/mol. The van der Waals surface area contributed by atoms with Crippen LogP contribution in [0.2, 0.25) is 0 Å². The van der Waals surface area contributed by atoms with E-state index in [1.54, 1.807) is 28.7 Å². The maximum Gasteiger partial charge on any atom is 0.268 e. The van der Waals surface area contributed by atoms with E-state index >= 15 is 0 Å². The van der Waals surface area contributed by atoms with Crippen molar-refractivity contribution < 1.29 is 14.3 Å². The molecule has 1 spiro atoms. The molecule has 2 aromatic carbocycles. The van der Waals surface area contributed by atoms with Gasteiger partial charge in [0.05, 0.1) is 24.2 Å². The molecule has 5 nitrogen and oxygen atoms in total. The predicted molar refractivity (Wildman–Crippen MR) is 120 cm³/mol. The Morgan fingerprint density at radius 1 is 1.13 bits per heavy atom. The normalized spacial score (nSPS) is 20.1. The van der Waals surface area contributed by atoms with E-state index in [4.69, 9.17) is 4.74 Å². The first-order chi connectivity index (χ1) is 14.6. The highest BCUT2D eigenvalue weighted by Crippen LogP contribution is 2.54. The summed E-state index contributed by atoms with van der Waals surface area (Å²) in [5.74, 6) is 1.34. The summed E-state index contributed by atoms with van der Waals surface area (Å²) in [5.41, 5.74) is 2.74. The molecule has 3 aromatic rings. The molecule has 1 saturated heterocycles. The Bertz CT molecular complexity index is 1120. The lowest BCUT2D eigenvalue weighted by atomic mass is 10.1. The Balaban J connectivity index is 1.57. The van der Waals surface area contributed by atoms with E-state index in [0.717, 1.165) is 28.3 Å². The van der Waals surface area contributed by atoms with Gasteiger partial charge in [-0.25, -0.2) is 0 Å². The van der Waals surface area contributed by atoms with E-state index in [1.807, 2.05) is 66.0 Å². The summed E-state index contributed by atoms with van der Waals surface area (Å²) in [5, 5.41) is 1.89. The van der Waals surface area contributed by atoms with E-state index in [2.05, 4.69) is 0 Å².